The van der Waals surface area contributed by atoms with Gasteiger partial charge in [0.1, 0.15) is 0 Å². The number of hydrogen-bond acceptors (Lipinski definition) is 4. The molecule has 2 rings (SSSR count). The van der Waals surface area contributed by atoms with E-state index in [0.717, 1.165) is 19.3 Å². The fraction of sp³-hybridized carbons (Fsp3) is 0.529. The zero-order chi connectivity index (χ0) is 16.5. The van der Waals surface area contributed by atoms with Crippen LogP contribution in [-0.2, 0) is 4.84 Å². The summed E-state index contributed by atoms with van der Waals surface area (Å²) >= 11 is 0. The molecule has 120 valence electrons. The Morgan fingerprint density at radius 2 is 1.45 bits per heavy atom. The van der Waals surface area contributed by atoms with Crippen LogP contribution in [0.2, 0.25) is 0 Å². The molecule has 1 N–H and O–H groups in total. The molecule has 0 radical (unpaired) electrons. The van der Waals surface area contributed by atoms with E-state index in [-0.39, 0.29) is 16.6 Å². The van der Waals surface area contributed by atoms with E-state index >= 15 is 0 Å². The SMILES string of the molecule is CC1(C)CCCC(C)(C)N1OC(=O)c1ccc(C(=O)O)cc1. The Morgan fingerprint density at radius 1 is 1.00 bits per heavy atom. The van der Waals surface area contributed by atoms with Gasteiger partial charge in [0.05, 0.1) is 22.2 Å². The first kappa shape index (κ1) is 16.5. The molecule has 0 aromatic heterocycles. The molecule has 0 amide bonds. The van der Waals surface area contributed by atoms with Gasteiger partial charge < -0.3 is 9.94 Å². The number of benzene rings is 1. The first-order valence-electron chi connectivity index (χ1n) is 7.49. The summed E-state index contributed by atoms with van der Waals surface area (Å²) in [5, 5.41) is 10.7. The number of carboxylic acids is 1. The van der Waals surface area contributed by atoms with Crippen LogP contribution in [0.4, 0.5) is 0 Å². The predicted molar refractivity (Wildman–Crippen MR) is 82.7 cm³/mol. The zero-order valence-electron chi connectivity index (χ0n) is 13.5. The molecule has 1 saturated heterocycles. The van der Waals surface area contributed by atoms with E-state index in [1.54, 1.807) is 5.06 Å². The van der Waals surface area contributed by atoms with Crippen LogP contribution in [0.1, 0.15) is 67.7 Å². The maximum absolute atomic E-state index is 12.4. The number of carbonyl (C=O) groups excluding carboxylic acids is 1. The van der Waals surface area contributed by atoms with Crippen LogP contribution in [0.25, 0.3) is 0 Å². The lowest BCUT2D eigenvalue weighted by atomic mass is 9.82. The molecule has 0 unspecified atom stereocenters. The Kier molecular flexibility index (Phi) is 4.29. The summed E-state index contributed by atoms with van der Waals surface area (Å²) in [5.74, 6) is -1.47. The second-order valence-electron chi connectivity index (χ2n) is 7.03. The number of carboxylic acid groups (broad SMARTS) is 1. The van der Waals surface area contributed by atoms with Crippen molar-refractivity contribution in [1.82, 2.24) is 5.06 Å². The van der Waals surface area contributed by atoms with Crippen molar-refractivity contribution in [3.05, 3.63) is 35.4 Å². The van der Waals surface area contributed by atoms with Crippen LogP contribution >= 0.6 is 0 Å². The molecule has 1 aliphatic rings. The van der Waals surface area contributed by atoms with Crippen LogP contribution in [-0.4, -0.2) is 33.2 Å². The lowest BCUT2D eigenvalue weighted by Gasteiger charge is -2.50. The highest BCUT2D eigenvalue weighted by Crippen LogP contribution is 2.38. The third-order valence-electron chi connectivity index (χ3n) is 4.22. The van der Waals surface area contributed by atoms with Crippen molar-refractivity contribution in [3.63, 3.8) is 0 Å². The summed E-state index contributed by atoms with van der Waals surface area (Å²) in [7, 11) is 0. The van der Waals surface area contributed by atoms with Crippen LogP contribution in [0, 0.1) is 0 Å². The van der Waals surface area contributed by atoms with E-state index in [9.17, 15) is 9.59 Å². The summed E-state index contributed by atoms with van der Waals surface area (Å²) in [5.41, 5.74) is 0.0500. The molecule has 5 nitrogen and oxygen atoms in total. The molecule has 0 aliphatic carbocycles. The molecule has 0 atom stereocenters. The van der Waals surface area contributed by atoms with Crippen molar-refractivity contribution in [1.29, 1.82) is 0 Å². The Hall–Kier alpha value is -1.88. The Morgan fingerprint density at radius 3 is 1.91 bits per heavy atom. The van der Waals surface area contributed by atoms with E-state index in [0.29, 0.717) is 5.56 Å². The molecule has 0 saturated carbocycles. The van der Waals surface area contributed by atoms with E-state index in [1.807, 2.05) is 0 Å². The van der Waals surface area contributed by atoms with Gasteiger partial charge in [-0.2, -0.15) is 0 Å². The minimum atomic E-state index is -1.02. The first-order chi connectivity index (χ1) is 10.1. The van der Waals surface area contributed by atoms with Crippen molar-refractivity contribution < 1.29 is 19.5 Å². The Balaban J connectivity index is 2.17. The smallest absolute Gasteiger partial charge is 0.357 e. The average Bonchev–Trinajstić information content (AvgIpc) is 2.42. The van der Waals surface area contributed by atoms with Crippen LogP contribution in [0.3, 0.4) is 0 Å². The second-order valence-corrected chi connectivity index (χ2v) is 7.03. The minimum absolute atomic E-state index is 0.148. The molecule has 1 aliphatic heterocycles. The maximum Gasteiger partial charge on any atom is 0.357 e. The summed E-state index contributed by atoms with van der Waals surface area (Å²) < 4.78 is 0. The molecule has 1 fully saturated rings. The molecule has 5 heteroatoms. The number of rotatable bonds is 3. The van der Waals surface area contributed by atoms with Crippen molar-refractivity contribution in [2.45, 2.75) is 58.0 Å². The van der Waals surface area contributed by atoms with Crippen LogP contribution < -0.4 is 0 Å². The molecule has 1 aromatic rings. The largest absolute Gasteiger partial charge is 0.478 e. The Labute approximate surface area is 130 Å². The quantitative estimate of drug-likeness (QED) is 0.925. The van der Waals surface area contributed by atoms with E-state index < -0.39 is 11.9 Å². The van der Waals surface area contributed by atoms with Crippen molar-refractivity contribution in [2.24, 2.45) is 0 Å². The number of nitrogens with zero attached hydrogens (tertiary/aromatic N) is 1. The number of hydroxylamine groups is 2. The van der Waals surface area contributed by atoms with E-state index in [2.05, 4.69) is 27.7 Å². The van der Waals surface area contributed by atoms with Gasteiger partial charge in [0.2, 0.25) is 0 Å². The number of piperidine rings is 1. The van der Waals surface area contributed by atoms with Crippen LogP contribution in [0.15, 0.2) is 24.3 Å². The van der Waals surface area contributed by atoms with E-state index in [1.165, 1.54) is 24.3 Å². The minimum Gasteiger partial charge on any atom is -0.478 e. The third-order valence-corrected chi connectivity index (χ3v) is 4.22. The van der Waals surface area contributed by atoms with Gasteiger partial charge in [-0.3, -0.25) is 0 Å². The lowest BCUT2D eigenvalue weighted by molar-refractivity contribution is -0.240. The highest BCUT2D eigenvalue weighted by Gasteiger charge is 2.44. The lowest BCUT2D eigenvalue weighted by Crippen LogP contribution is -2.58. The van der Waals surface area contributed by atoms with Crippen molar-refractivity contribution in [3.8, 4) is 0 Å². The van der Waals surface area contributed by atoms with Crippen molar-refractivity contribution >= 4 is 11.9 Å². The highest BCUT2D eigenvalue weighted by atomic mass is 16.7. The monoisotopic (exact) mass is 305 g/mol. The summed E-state index contributed by atoms with van der Waals surface area (Å²) in [4.78, 5) is 28.9. The van der Waals surface area contributed by atoms with Gasteiger partial charge in [-0.05, 0) is 71.2 Å². The van der Waals surface area contributed by atoms with Gasteiger partial charge in [-0.15, -0.1) is 5.06 Å². The number of aromatic carboxylic acids is 1. The van der Waals surface area contributed by atoms with Gasteiger partial charge >= 0.3 is 11.9 Å². The number of carbonyl (C=O) groups is 2. The average molecular weight is 305 g/mol. The molecule has 0 spiro atoms. The highest BCUT2D eigenvalue weighted by molar-refractivity contribution is 5.92. The standard InChI is InChI=1S/C17H23NO4/c1-16(2)10-5-11-17(3,4)18(16)22-15(21)13-8-6-12(7-9-13)14(19)20/h6-9H,5,10-11H2,1-4H3,(H,19,20). The predicted octanol–water partition coefficient (Wildman–Crippen LogP) is 3.50. The normalized spacial score (nSPS) is 20.4. The maximum atomic E-state index is 12.4. The molecule has 1 aromatic carbocycles. The molecule has 1 heterocycles. The fourth-order valence-electron chi connectivity index (χ4n) is 3.11. The van der Waals surface area contributed by atoms with Gasteiger partial charge in [-0.25, -0.2) is 9.59 Å². The summed E-state index contributed by atoms with van der Waals surface area (Å²) in [6.07, 6.45) is 3.02. The number of hydrogen-bond donors (Lipinski definition) is 1. The van der Waals surface area contributed by atoms with Crippen molar-refractivity contribution in [2.75, 3.05) is 0 Å². The first-order valence-corrected chi connectivity index (χ1v) is 7.49. The summed E-state index contributed by atoms with van der Waals surface area (Å²) in [6.45, 7) is 8.26. The Bertz CT molecular complexity index is 559. The molecular weight excluding hydrogens is 282 g/mol. The fourth-order valence-corrected chi connectivity index (χ4v) is 3.11. The zero-order valence-corrected chi connectivity index (χ0v) is 13.5. The molecule has 22 heavy (non-hydrogen) atoms. The molecule has 0 bridgehead atoms. The van der Waals surface area contributed by atoms with Gasteiger partial charge in [-0.1, -0.05) is 0 Å². The topological polar surface area (TPSA) is 66.8 Å². The summed E-state index contributed by atoms with van der Waals surface area (Å²) in [6, 6.07) is 5.78. The van der Waals surface area contributed by atoms with Gasteiger partial charge in [0, 0.05) is 0 Å². The van der Waals surface area contributed by atoms with Gasteiger partial charge in [0.25, 0.3) is 0 Å². The van der Waals surface area contributed by atoms with E-state index in [4.69, 9.17) is 9.94 Å². The molecular formula is C17H23NO4. The van der Waals surface area contributed by atoms with Gasteiger partial charge in [0.15, 0.2) is 0 Å². The van der Waals surface area contributed by atoms with Crippen LogP contribution in [0.5, 0.6) is 0 Å². The third kappa shape index (κ3) is 3.30. The second kappa shape index (κ2) is 5.72.